The van der Waals surface area contributed by atoms with Gasteiger partial charge in [-0.25, -0.2) is 9.48 Å². The van der Waals surface area contributed by atoms with E-state index in [4.69, 9.17) is 9.47 Å². The highest BCUT2D eigenvalue weighted by Gasteiger charge is 2.37. The molecular weight excluding hydrogens is 369 g/mol. The monoisotopic (exact) mass is 388 g/mol. The number of methoxy groups -OCH3 is 2. The molecule has 0 aliphatic heterocycles. The summed E-state index contributed by atoms with van der Waals surface area (Å²) in [6.07, 6.45) is -4.69. The third-order valence-electron chi connectivity index (χ3n) is 3.75. The smallest absolute Gasteiger partial charge is 0.451 e. The second-order valence-electron chi connectivity index (χ2n) is 5.60. The van der Waals surface area contributed by atoms with Crippen LogP contribution in [0.3, 0.4) is 0 Å². The molecule has 0 bridgehead atoms. The highest BCUT2D eigenvalue weighted by atomic mass is 19.4. The SMILES string of the molecule is COc1ccc(CC(=O)NCCn2nc(C(F)(F)F)n(C)c2=O)cc1OC. The van der Waals surface area contributed by atoms with Crippen molar-refractivity contribution in [3.63, 3.8) is 0 Å². The number of carbonyl (C=O) groups is 1. The Labute approximate surface area is 152 Å². The zero-order valence-corrected chi connectivity index (χ0v) is 15.0. The fourth-order valence-electron chi connectivity index (χ4n) is 2.42. The number of halogens is 3. The van der Waals surface area contributed by atoms with Gasteiger partial charge in [0.15, 0.2) is 11.5 Å². The first-order chi connectivity index (χ1) is 12.7. The van der Waals surface area contributed by atoms with Gasteiger partial charge in [0, 0.05) is 13.6 Å². The summed E-state index contributed by atoms with van der Waals surface area (Å²) < 4.78 is 49.5. The molecule has 0 saturated carbocycles. The number of aromatic nitrogens is 3. The Morgan fingerprint density at radius 1 is 1.22 bits per heavy atom. The largest absolute Gasteiger partial charge is 0.493 e. The van der Waals surface area contributed by atoms with Crippen LogP contribution in [-0.2, 0) is 31.0 Å². The summed E-state index contributed by atoms with van der Waals surface area (Å²) in [6.45, 7) is -0.221. The van der Waals surface area contributed by atoms with Crippen molar-refractivity contribution in [3.05, 3.63) is 40.1 Å². The van der Waals surface area contributed by atoms with Crippen molar-refractivity contribution in [2.24, 2.45) is 7.05 Å². The van der Waals surface area contributed by atoms with Crippen LogP contribution in [0, 0.1) is 0 Å². The van der Waals surface area contributed by atoms with Gasteiger partial charge in [-0.1, -0.05) is 6.07 Å². The average molecular weight is 388 g/mol. The van der Waals surface area contributed by atoms with E-state index in [1.807, 2.05) is 0 Å². The molecule has 0 spiro atoms. The van der Waals surface area contributed by atoms with E-state index in [9.17, 15) is 22.8 Å². The van der Waals surface area contributed by atoms with E-state index < -0.39 is 17.7 Å². The molecule has 0 aliphatic carbocycles. The third kappa shape index (κ3) is 4.80. The second kappa shape index (κ2) is 8.14. The molecule has 0 saturated heterocycles. The Bertz CT molecular complexity index is 874. The summed E-state index contributed by atoms with van der Waals surface area (Å²) >= 11 is 0. The molecule has 8 nitrogen and oxygen atoms in total. The van der Waals surface area contributed by atoms with Crippen LogP contribution < -0.4 is 20.5 Å². The van der Waals surface area contributed by atoms with E-state index in [1.54, 1.807) is 18.2 Å². The number of rotatable bonds is 7. The van der Waals surface area contributed by atoms with Gasteiger partial charge in [-0.2, -0.15) is 13.2 Å². The van der Waals surface area contributed by atoms with E-state index in [0.29, 0.717) is 26.3 Å². The van der Waals surface area contributed by atoms with Crippen LogP contribution in [0.2, 0.25) is 0 Å². The zero-order valence-electron chi connectivity index (χ0n) is 15.0. The van der Waals surface area contributed by atoms with Gasteiger partial charge in [-0.3, -0.25) is 9.36 Å². The molecule has 1 aromatic carbocycles. The fraction of sp³-hybridized carbons (Fsp3) is 0.438. The van der Waals surface area contributed by atoms with E-state index in [0.717, 1.165) is 7.05 Å². The lowest BCUT2D eigenvalue weighted by atomic mass is 10.1. The molecule has 1 amide bonds. The van der Waals surface area contributed by atoms with Gasteiger partial charge in [0.2, 0.25) is 11.7 Å². The normalized spacial score (nSPS) is 11.3. The van der Waals surface area contributed by atoms with Crippen molar-refractivity contribution < 1.29 is 27.4 Å². The standard InChI is InChI=1S/C16H19F3N4O4/c1-22-14(16(17,18)19)21-23(15(22)25)7-6-20-13(24)9-10-4-5-11(26-2)12(8-10)27-3/h4-5,8H,6-7,9H2,1-3H3,(H,20,24). The number of alkyl halides is 3. The van der Waals surface area contributed by atoms with Gasteiger partial charge in [-0.15, -0.1) is 5.10 Å². The first-order valence-corrected chi connectivity index (χ1v) is 7.86. The molecule has 0 atom stereocenters. The molecule has 0 unspecified atom stereocenters. The lowest BCUT2D eigenvalue weighted by Crippen LogP contribution is -2.32. The highest BCUT2D eigenvalue weighted by Crippen LogP contribution is 2.27. The minimum atomic E-state index is -4.73. The van der Waals surface area contributed by atoms with Gasteiger partial charge in [0.05, 0.1) is 27.2 Å². The quantitative estimate of drug-likeness (QED) is 0.764. The number of amides is 1. The predicted octanol–water partition coefficient (Wildman–Crippen LogP) is 0.977. The fourth-order valence-corrected chi connectivity index (χ4v) is 2.42. The van der Waals surface area contributed by atoms with E-state index >= 15 is 0 Å². The van der Waals surface area contributed by atoms with E-state index in [1.165, 1.54) is 14.2 Å². The third-order valence-corrected chi connectivity index (χ3v) is 3.75. The Balaban J connectivity index is 1.95. The lowest BCUT2D eigenvalue weighted by molar-refractivity contribution is -0.147. The molecule has 2 aromatic rings. The molecular formula is C16H19F3N4O4. The number of hydrogen-bond donors (Lipinski definition) is 1. The zero-order chi connectivity index (χ0) is 20.2. The summed E-state index contributed by atoms with van der Waals surface area (Å²) in [5.41, 5.74) is -0.240. The maximum atomic E-state index is 12.7. The lowest BCUT2D eigenvalue weighted by Gasteiger charge is -2.10. The molecule has 27 heavy (non-hydrogen) atoms. The van der Waals surface area contributed by atoms with Crippen molar-refractivity contribution in [1.29, 1.82) is 0 Å². The molecule has 148 valence electrons. The second-order valence-corrected chi connectivity index (χ2v) is 5.60. The maximum absolute atomic E-state index is 12.7. The van der Waals surface area contributed by atoms with Gasteiger partial charge in [0.1, 0.15) is 0 Å². The van der Waals surface area contributed by atoms with Crippen molar-refractivity contribution >= 4 is 5.91 Å². The average Bonchev–Trinajstić information content (AvgIpc) is 2.90. The molecule has 2 rings (SSSR count). The Kier molecular flexibility index (Phi) is 6.13. The number of nitrogens with one attached hydrogen (secondary N) is 1. The number of carbonyl (C=O) groups excluding carboxylic acids is 1. The summed E-state index contributed by atoms with van der Waals surface area (Å²) in [7, 11) is 3.96. The molecule has 0 aliphatic rings. The van der Waals surface area contributed by atoms with Gasteiger partial charge in [0.25, 0.3) is 0 Å². The summed E-state index contributed by atoms with van der Waals surface area (Å²) in [5, 5.41) is 5.80. The Morgan fingerprint density at radius 3 is 2.44 bits per heavy atom. The van der Waals surface area contributed by atoms with Crippen LogP contribution in [0.25, 0.3) is 0 Å². The molecule has 1 aromatic heterocycles. The molecule has 0 fully saturated rings. The van der Waals surface area contributed by atoms with Crippen LogP contribution in [0.5, 0.6) is 11.5 Å². The molecule has 0 radical (unpaired) electrons. The summed E-state index contributed by atoms with van der Waals surface area (Å²) in [6, 6.07) is 5.00. The summed E-state index contributed by atoms with van der Waals surface area (Å²) in [4.78, 5) is 23.8. The van der Waals surface area contributed by atoms with Gasteiger partial charge >= 0.3 is 11.9 Å². The van der Waals surface area contributed by atoms with Gasteiger partial charge < -0.3 is 14.8 Å². The maximum Gasteiger partial charge on any atom is 0.451 e. The minimum Gasteiger partial charge on any atom is -0.493 e. The molecule has 1 heterocycles. The molecule has 1 N–H and O–H groups in total. The number of benzene rings is 1. The summed E-state index contributed by atoms with van der Waals surface area (Å²) in [5.74, 6) is -0.648. The number of nitrogens with zero attached hydrogens (tertiary/aromatic N) is 3. The Morgan fingerprint density at radius 2 is 1.89 bits per heavy atom. The van der Waals surface area contributed by atoms with Crippen LogP contribution in [0.1, 0.15) is 11.4 Å². The first kappa shape index (κ1) is 20.3. The number of ether oxygens (including phenoxy) is 2. The minimum absolute atomic E-state index is 0.0330. The first-order valence-electron chi connectivity index (χ1n) is 7.86. The molecule has 11 heteroatoms. The van der Waals surface area contributed by atoms with Crippen LogP contribution in [0.15, 0.2) is 23.0 Å². The van der Waals surface area contributed by atoms with E-state index in [-0.39, 0.29) is 25.4 Å². The predicted molar refractivity (Wildman–Crippen MR) is 88.7 cm³/mol. The van der Waals surface area contributed by atoms with Crippen molar-refractivity contribution in [3.8, 4) is 11.5 Å². The van der Waals surface area contributed by atoms with Crippen molar-refractivity contribution in [1.82, 2.24) is 19.7 Å². The van der Waals surface area contributed by atoms with Crippen molar-refractivity contribution in [2.75, 3.05) is 20.8 Å². The van der Waals surface area contributed by atoms with Crippen LogP contribution in [-0.4, -0.2) is 41.0 Å². The van der Waals surface area contributed by atoms with E-state index in [2.05, 4.69) is 10.4 Å². The Hall–Kier alpha value is -2.98. The number of hydrogen-bond acceptors (Lipinski definition) is 5. The van der Waals surface area contributed by atoms with Crippen molar-refractivity contribution in [2.45, 2.75) is 19.1 Å². The topological polar surface area (TPSA) is 87.4 Å². The van der Waals surface area contributed by atoms with Crippen LogP contribution in [0.4, 0.5) is 13.2 Å². The van der Waals surface area contributed by atoms with Gasteiger partial charge in [-0.05, 0) is 17.7 Å². The highest BCUT2D eigenvalue weighted by molar-refractivity contribution is 5.78. The van der Waals surface area contributed by atoms with Crippen LogP contribution >= 0.6 is 0 Å².